The van der Waals surface area contributed by atoms with Gasteiger partial charge in [0.1, 0.15) is 17.2 Å². The zero-order valence-corrected chi connectivity index (χ0v) is 19.3. The average molecular weight is 469 g/mol. The van der Waals surface area contributed by atoms with Crippen LogP contribution >= 0.6 is 23.8 Å². The molecule has 0 radical (unpaired) electrons. The Morgan fingerprint density at radius 2 is 1.53 bits per heavy atom. The van der Waals surface area contributed by atoms with E-state index in [4.69, 9.17) is 42.8 Å². The summed E-state index contributed by atoms with van der Waals surface area (Å²) < 4.78 is 22.7. The second kappa shape index (κ2) is 9.46. The molecule has 0 bridgehead atoms. The molecule has 0 N–H and O–H groups in total. The van der Waals surface area contributed by atoms with E-state index >= 15 is 0 Å². The highest BCUT2D eigenvalue weighted by molar-refractivity contribution is 7.80. The molecule has 32 heavy (non-hydrogen) atoms. The number of rotatable bonds is 6. The molecule has 0 aromatic heterocycles. The van der Waals surface area contributed by atoms with Crippen LogP contribution in [0.4, 0.5) is 5.69 Å². The maximum absolute atomic E-state index is 6.39. The minimum absolute atomic E-state index is 0.327. The maximum Gasteiger partial charge on any atom is 0.225 e. The minimum atomic E-state index is -0.599. The SMILES string of the molecule is COc1ccc(C2OC(c3ccc(Cl)cc3)=NC(=S)N2c2cc(OC)ccc2OC)cc1. The quantitative estimate of drug-likeness (QED) is 0.437. The molecule has 8 heteroatoms. The number of benzene rings is 3. The van der Waals surface area contributed by atoms with Gasteiger partial charge in [-0.15, -0.1) is 0 Å². The number of aliphatic imine (C=N–C) groups is 1. The van der Waals surface area contributed by atoms with Gasteiger partial charge in [-0.3, -0.25) is 4.90 Å². The van der Waals surface area contributed by atoms with Crippen LogP contribution in [0.2, 0.25) is 5.02 Å². The number of hydrogen-bond donors (Lipinski definition) is 0. The lowest BCUT2D eigenvalue weighted by molar-refractivity contribution is 0.195. The van der Waals surface area contributed by atoms with E-state index in [1.807, 2.05) is 54.6 Å². The fourth-order valence-corrected chi connectivity index (χ4v) is 3.75. The first-order chi connectivity index (χ1) is 15.5. The van der Waals surface area contributed by atoms with Crippen molar-refractivity contribution in [2.24, 2.45) is 4.99 Å². The van der Waals surface area contributed by atoms with E-state index in [1.54, 1.807) is 38.4 Å². The van der Waals surface area contributed by atoms with Crippen LogP contribution in [0.3, 0.4) is 0 Å². The van der Waals surface area contributed by atoms with E-state index in [0.29, 0.717) is 33.2 Å². The Kier molecular flexibility index (Phi) is 6.48. The van der Waals surface area contributed by atoms with E-state index in [2.05, 4.69) is 4.99 Å². The monoisotopic (exact) mass is 468 g/mol. The highest BCUT2D eigenvalue weighted by atomic mass is 35.5. The van der Waals surface area contributed by atoms with Crippen molar-refractivity contribution in [3.05, 3.63) is 82.9 Å². The Labute approximate surface area is 197 Å². The first-order valence-electron chi connectivity index (χ1n) is 9.74. The van der Waals surface area contributed by atoms with Gasteiger partial charge in [-0.25, -0.2) is 0 Å². The van der Waals surface area contributed by atoms with Crippen LogP contribution in [-0.2, 0) is 4.74 Å². The van der Waals surface area contributed by atoms with Crippen LogP contribution in [0.5, 0.6) is 17.2 Å². The third kappa shape index (κ3) is 4.35. The van der Waals surface area contributed by atoms with Gasteiger partial charge >= 0.3 is 0 Å². The van der Waals surface area contributed by atoms with Crippen LogP contribution in [0.1, 0.15) is 17.4 Å². The van der Waals surface area contributed by atoms with E-state index in [-0.39, 0.29) is 0 Å². The molecule has 1 aliphatic heterocycles. The summed E-state index contributed by atoms with van der Waals surface area (Å²) in [6, 6.07) is 20.3. The number of ether oxygens (including phenoxy) is 4. The zero-order chi connectivity index (χ0) is 22.7. The van der Waals surface area contributed by atoms with Gasteiger partial charge in [0.05, 0.1) is 27.0 Å². The highest BCUT2D eigenvalue weighted by Crippen LogP contribution is 2.40. The smallest absolute Gasteiger partial charge is 0.225 e. The molecule has 0 spiro atoms. The third-order valence-electron chi connectivity index (χ3n) is 5.00. The lowest BCUT2D eigenvalue weighted by Gasteiger charge is -2.37. The van der Waals surface area contributed by atoms with Crippen molar-refractivity contribution in [2.45, 2.75) is 6.23 Å². The van der Waals surface area contributed by atoms with Crippen LogP contribution in [-0.4, -0.2) is 32.3 Å². The van der Waals surface area contributed by atoms with E-state index in [0.717, 1.165) is 16.9 Å². The van der Waals surface area contributed by atoms with Gasteiger partial charge in [0, 0.05) is 22.2 Å². The van der Waals surface area contributed by atoms with Crippen molar-refractivity contribution in [2.75, 3.05) is 26.2 Å². The molecule has 3 aromatic rings. The maximum atomic E-state index is 6.39. The largest absolute Gasteiger partial charge is 0.497 e. The second-order valence-corrected chi connectivity index (χ2v) is 7.66. The molecule has 0 amide bonds. The van der Waals surface area contributed by atoms with Gasteiger partial charge in [-0.05, 0) is 72.9 Å². The van der Waals surface area contributed by atoms with Gasteiger partial charge in [-0.2, -0.15) is 4.99 Å². The van der Waals surface area contributed by atoms with Crippen molar-refractivity contribution in [3.63, 3.8) is 0 Å². The molecule has 0 saturated heterocycles. The van der Waals surface area contributed by atoms with E-state index in [1.165, 1.54) is 0 Å². The number of halogens is 1. The molecule has 0 saturated carbocycles. The topological polar surface area (TPSA) is 52.5 Å². The first kappa shape index (κ1) is 21.9. The summed E-state index contributed by atoms with van der Waals surface area (Å²) in [5.41, 5.74) is 2.31. The summed E-state index contributed by atoms with van der Waals surface area (Å²) in [5.74, 6) is 2.42. The Morgan fingerprint density at radius 1 is 0.875 bits per heavy atom. The van der Waals surface area contributed by atoms with Gasteiger partial charge < -0.3 is 18.9 Å². The zero-order valence-electron chi connectivity index (χ0n) is 17.7. The van der Waals surface area contributed by atoms with Crippen LogP contribution in [0.25, 0.3) is 0 Å². The summed E-state index contributed by atoms with van der Waals surface area (Å²) in [7, 11) is 4.83. The van der Waals surface area contributed by atoms with Crippen molar-refractivity contribution in [1.82, 2.24) is 0 Å². The highest BCUT2D eigenvalue weighted by Gasteiger charge is 2.34. The van der Waals surface area contributed by atoms with Gasteiger partial charge in [0.15, 0.2) is 0 Å². The van der Waals surface area contributed by atoms with Crippen molar-refractivity contribution >= 4 is 40.5 Å². The molecule has 1 unspecified atom stereocenters. The number of anilines is 1. The van der Waals surface area contributed by atoms with Crippen molar-refractivity contribution < 1.29 is 18.9 Å². The fourth-order valence-electron chi connectivity index (χ4n) is 3.35. The van der Waals surface area contributed by atoms with Crippen molar-refractivity contribution in [1.29, 1.82) is 0 Å². The average Bonchev–Trinajstić information content (AvgIpc) is 2.83. The standard InChI is InChI=1S/C24H21ClN2O4S/c1-28-18-10-6-16(7-11-18)23-27(20-14-19(29-2)12-13-21(20)30-3)24(32)26-22(31-23)15-4-8-17(25)9-5-15/h4-14,23H,1-3H3. The molecular weight excluding hydrogens is 448 g/mol. The van der Waals surface area contributed by atoms with Crippen LogP contribution < -0.4 is 19.1 Å². The lowest BCUT2D eigenvalue weighted by Crippen LogP contribution is -2.40. The number of thiocarbonyl (C=S) groups is 1. The summed E-state index contributed by atoms with van der Waals surface area (Å²) in [6.07, 6.45) is -0.599. The Balaban J connectivity index is 1.84. The molecule has 3 aromatic carbocycles. The molecule has 0 fully saturated rings. The lowest BCUT2D eigenvalue weighted by atomic mass is 10.1. The number of methoxy groups -OCH3 is 3. The normalized spacial score (nSPS) is 15.6. The Morgan fingerprint density at radius 3 is 2.16 bits per heavy atom. The molecule has 6 nitrogen and oxygen atoms in total. The first-order valence-corrected chi connectivity index (χ1v) is 10.5. The van der Waals surface area contributed by atoms with Crippen molar-refractivity contribution in [3.8, 4) is 17.2 Å². The minimum Gasteiger partial charge on any atom is -0.497 e. The summed E-state index contributed by atoms with van der Waals surface area (Å²) in [4.78, 5) is 6.37. The van der Waals surface area contributed by atoms with Gasteiger partial charge in [-0.1, -0.05) is 11.6 Å². The molecule has 1 atom stereocenters. The fraction of sp³-hybridized carbons (Fsp3) is 0.167. The molecule has 0 aliphatic carbocycles. The van der Waals surface area contributed by atoms with E-state index < -0.39 is 6.23 Å². The number of hydrogen-bond acceptors (Lipinski definition) is 5. The van der Waals surface area contributed by atoms with Crippen LogP contribution in [0.15, 0.2) is 71.7 Å². The molecule has 164 valence electrons. The molecular formula is C24H21ClN2O4S. The second-order valence-electron chi connectivity index (χ2n) is 6.86. The molecule has 1 heterocycles. The Hall–Kier alpha value is -3.29. The predicted octanol–water partition coefficient (Wildman–Crippen LogP) is 5.63. The number of nitrogens with zero attached hydrogens (tertiary/aromatic N) is 2. The summed E-state index contributed by atoms with van der Waals surface area (Å²) in [6.45, 7) is 0. The molecule has 1 aliphatic rings. The third-order valence-corrected chi connectivity index (χ3v) is 5.54. The summed E-state index contributed by atoms with van der Waals surface area (Å²) >= 11 is 11.8. The summed E-state index contributed by atoms with van der Waals surface area (Å²) in [5, 5.41) is 0.954. The van der Waals surface area contributed by atoms with Gasteiger partial charge in [0.25, 0.3) is 0 Å². The molecule has 4 rings (SSSR count). The van der Waals surface area contributed by atoms with E-state index in [9.17, 15) is 0 Å². The Bertz CT molecular complexity index is 1150. The van der Waals surface area contributed by atoms with Crippen LogP contribution in [0, 0.1) is 0 Å². The predicted molar refractivity (Wildman–Crippen MR) is 129 cm³/mol. The van der Waals surface area contributed by atoms with Gasteiger partial charge in [0.2, 0.25) is 17.2 Å².